The van der Waals surface area contributed by atoms with E-state index in [1.54, 1.807) is 23.0 Å². The minimum absolute atomic E-state index is 0.132. The molecule has 1 atom stereocenters. The van der Waals surface area contributed by atoms with Crippen molar-refractivity contribution in [3.8, 4) is 0 Å². The van der Waals surface area contributed by atoms with E-state index in [2.05, 4.69) is 15.6 Å². The Morgan fingerprint density at radius 1 is 1.36 bits per heavy atom. The summed E-state index contributed by atoms with van der Waals surface area (Å²) in [5, 5.41) is 10.8. The zero-order valence-electron chi connectivity index (χ0n) is 14.2. The molecule has 0 spiro atoms. The Labute approximate surface area is 145 Å². The Balaban J connectivity index is 1.53. The molecule has 0 bridgehead atoms. The van der Waals surface area contributed by atoms with Crippen molar-refractivity contribution in [2.24, 2.45) is 0 Å². The number of rotatable bonds is 6. The highest BCUT2D eigenvalue weighted by molar-refractivity contribution is 5.91. The van der Waals surface area contributed by atoms with Crippen LogP contribution in [0.2, 0.25) is 0 Å². The highest BCUT2D eigenvalue weighted by Crippen LogP contribution is 2.17. The molecule has 1 aliphatic heterocycles. The maximum Gasteiger partial charge on any atom is 0.273 e. The summed E-state index contributed by atoms with van der Waals surface area (Å²) in [7, 11) is 0. The highest BCUT2D eigenvalue weighted by Gasteiger charge is 2.17. The third-order valence-corrected chi connectivity index (χ3v) is 4.46. The first-order valence-electron chi connectivity index (χ1n) is 8.50. The van der Waals surface area contributed by atoms with Crippen LogP contribution in [0.4, 0.5) is 4.39 Å². The minimum atomic E-state index is -0.281. The molecule has 0 saturated carbocycles. The number of hydrogen-bond donors (Lipinski definition) is 2. The van der Waals surface area contributed by atoms with E-state index in [4.69, 9.17) is 4.74 Å². The van der Waals surface area contributed by atoms with Gasteiger partial charge in [-0.15, -0.1) is 5.10 Å². The van der Waals surface area contributed by atoms with E-state index in [-0.39, 0.29) is 23.5 Å². The average molecular weight is 348 g/mol. The molecule has 3 rings (SSSR count). The maximum absolute atomic E-state index is 13.0. The molecular weight excluding hydrogens is 325 g/mol. The van der Waals surface area contributed by atoms with Gasteiger partial charge in [-0.25, -0.2) is 9.07 Å². The second-order valence-electron chi connectivity index (χ2n) is 6.18. The fourth-order valence-corrected chi connectivity index (χ4v) is 2.82. The summed E-state index contributed by atoms with van der Waals surface area (Å²) in [6.45, 7) is 6.88. The van der Waals surface area contributed by atoms with Crippen molar-refractivity contribution in [2.75, 3.05) is 39.4 Å². The van der Waals surface area contributed by atoms with E-state index >= 15 is 0 Å². The number of aromatic nitrogens is 3. The molecule has 0 aliphatic carbocycles. The quantitative estimate of drug-likeness (QED) is 0.750. The summed E-state index contributed by atoms with van der Waals surface area (Å²) < 4.78 is 19.9. The second-order valence-corrected chi connectivity index (χ2v) is 6.18. The van der Waals surface area contributed by atoms with Gasteiger partial charge in [0.15, 0.2) is 5.69 Å². The van der Waals surface area contributed by atoms with E-state index in [0.29, 0.717) is 6.54 Å². The first kappa shape index (κ1) is 17.5. The van der Waals surface area contributed by atoms with Gasteiger partial charge in [-0.2, -0.15) is 0 Å². The van der Waals surface area contributed by atoms with Gasteiger partial charge in [-0.05, 0) is 24.6 Å². The van der Waals surface area contributed by atoms with Crippen LogP contribution in [0.3, 0.4) is 0 Å². The molecule has 2 heterocycles. The Morgan fingerprint density at radius 2 is 2.08 bits per heavy atom. The molecule has 2 aromatic rings. The lowest BCUT2D eigenvalue weighted by molar-refractivity contribution is -0.906. The number of benzene rings is 1. The van der Waals surface area contributed by atoms with Crippen molar-refractivity contribution in [1.29, 1.82) is 0 Å². The standard InChI is InChI=1S/C17H22FN5O2/c1-13(14-2-4-15(18)5-3-14)23-12-16(20-21-23)17(24)19-6-7-22-8-10-25-11-9-22/h2-5,12-13H,6-11H2,1H3,(H,19,24)/p+1/t13-/m0/s1. The number of carbonyl (C=O) groups is 1. The summed E-state index contributed by atoms with van der Waals surface area (Å²) in [5.41, 5.74) is 1.18. The number of nitrogens with zero attached hydrogens (tertiary/aromatic N) is 3. The number of hydrogen-bond acceptors (Lipinski definition) is 4. The van der Waals surface area contributed by atoms with Gasteiger partial charge in [-0.1, -0.05) is 17.3 Å². The molecule has 1 saturated heterocycles. The molecule has 1 aromatic heterocycles. The predicted octanol–water partition coefficient (Wildman–Crippen LogP) is -0.329. The van der Waals surface area contributed by atoms with Crippen LogP contribution in [-0.2, 0) is 4.74 Å². The number of carbonyl (C=O) groups excluding carboxylic acids is 1. The lowest BCUT2D eigenvalue weighted by Gasteiger charge is -2.23. The average Bonchev–Trinajstić information content (AvgIpc) is 3.13. The van der Waals surface area contributed by atoms with Crippen LogP contribution in [0.25, 0.3) is 0 Å². The normalized spacial score (nSPS) is 16.6. The van der Waals surface area contributed by atoms with Crippen molar-refractivity contribution in [3.05, 3.63) is 47.5 Å². The fourth-order valence-electron chi connectivity index (χ4n) is 2.82. The number of halogens is 1. The molecule has 1 aliphatic rings. The second kappa shape index (κ2) is 8.17. The van der Waals surface area contributed by atoms with Crippen LogP contribution >= 0.6 is 0 Å². The molecule has 0 unspecified atom stereocenters. The fraction of sp³-hybridized carbons (Fsp3) is 0.471. The number of ether oxygens (including phenoxy) is 1. The SMILES string of the molecule is C[C@@H](c1ccc(F)cc1)n1cc(C(=O)NCC[NH+]2CCOCC2)nn1. The Kier molecular flexibility index (Phi) is 5.72. The molecule has 1 fully saturated rings. The first-order chi connectivity index (χ1) is 12.1. The number of morpholine rings is 1. The Morgan fingerprint density at radius 3 is 2.80 bits per heavy atom. The summed E-state index contributed by atoms with van der Waals surface area (Å²) in [6, 6.07) is 6.08. The van der Waals surface area contributed by atoms with Gasteiger partial charge in [0, 0.05) is 0 Å². The molecule has 0 radical (unpaired) electrons. The van der Waals surface area contributed by atoms with Crippen LogP contribution in [-0.4, -0.2) is 60.3 Å². The van der Waals surface area contributed by atoms with Crippen LogP contribution in [0.1, 0.15) is 29.0 Å². The molecule has 134 valence electrons. The third kappa shape index (κ3) is 4.61. The van der Waals surface area contributed by atoms with Gasteiger partial charge in [0.1, 0.15) is 18.9 Å². The van der Waals surface area contributed by atoms with E-state index in [9.17, 15) is 9.18 Å². The molecular formula is C17H23FN5O2+. The molecule has 25 heavy (non-hydrogen) atoms. The smallest absolute Gasteiger partial charge is 0.273 e. The van der Waals surface area contributed by atoms with Gasteiger partial charge >= 0.3 is 0 Å². The summed E-state index contributed by atoms with van der Waals surface area (Å²) >= 11 is 0. The summed E-state index contributed by atoms with van der Waals surface area (Å²) in [5.74, 6) is -0.512. The lowest BCUT2D eigenvalue weighted by Crippen LogP contribution is -3.14. The van der Waals surface area contributed by atoms with Gasteiger partial charge in [0.25, 0.3) is 5.91 Å². The lowest BCUT2D eigenvalue weighted by atomic mass is 10.1. The van der Waals surface area contributed by atoms with E-state index in [1.807, 2.05) is 6.92 Å². The van der Waals surface area contributed by atoms with Crippen LogP contribution in [0.5, 0.6) is 0 Å². The van der Waals surface area contributed by atoms with E-state index in [1.165, 1.54) is 17.0 Å². The third-order valence-electron chi connectivity index (χ3n) is 4.46. The van der Waals surface area contributed by atoms with Gasteiger partial charge in [0.05, 0.1) is 38.5 Å². The van der Waals surface area contributed by atoms with Crippen LogP contribution in [0, 0.1) is 5.82 Å². The maximum atomic E-state index is 13.0. The monoisotopic (exact) mass is 348 g/mol. The van der Waals surface area contributed by atoms with Crippen molar-refractivity contribution in [2.45, 2.75) is 13.0 Å². The van der Waals surface area contributed by atoms with Crippen molar-refractivity contribution >= 4 is 5.91 Å². The van der Waals surface area contributed by atoms with Crippen LogP contribution < -0.4 is 10.2 Å². The highest BCUT2D eigenvalue weighted by atomic mass is 19.1. The Bertz CT molecular complexity index is 697. The van der Waals surface area contributed by atoms with Crippen molar-refractivity contribution in [1.82, 2.24) is 20.3 Å². The molecule has 1 amide bonds. The molecule has 1 aromatic carbocycles. The number of amides is 1. The zero-order valence-corrected chi connectivity index (χ0v) is 14.2. The molecule has 8 heteroatoms. The van der Waals surface area contributed by atoms with Gasteiger partial charge < -0.3 is 15.0 Å². The molecule has 7 nitrogen and oxygen atoms in total. The van der Waals surface area contributed by atoms with Crippen LogP contribution in [0.15, 0.2) is 30.5 Å². The molecule has 2 N–H and O–H groups in total. The first-order valence-corrected chi connectivity index (χ1v) is 8.50. The van der Waals surface area contributed by atoms with Gasteiger partial charge in [-0.3, -0.25) is 4.79 Å². The zero-order chi connectivity index (χ0) is 17.6. The number of nitrogens with one attached hydrogen (secondary N) is 2. The topological polar surface area (TPSA) is 73.5 Å². The summed E-state index contributed by atoms with van der Waals surface area (Å²) in [4.78, 5) is 13.6. The van der Waals surface area contributed by atoms with E-state index < -0.39 is 0 Å². The largest absolute Gasteiger partial charge is 0.370 e. The number of quaternary nitrogens is 1. The van der Waals surface area contributed by atoms with E-state index in [0.717, 1.165) is 38.4 Å². The van der Waals surface area contributed by atoms with Crippen molar-refractivity contribution < 1.29 is 18.8 Å². The van der Waals surface area contributed by atoms with Gasteiger partial charge in [0.2, 0.25) is 0 Å². The predicted molar refractivity (Wildman–Crippen MR) is 89.0 cm³/mol. The Hall–Kier alpha value is -2.32. The van der Waals surface area contributed by atoms with Crippen molar-refractivity contribution in [3.63, 3.8) is 0 Å². The summed E-state index contributed by atoms with van der Waals surface area (Å²) in [6.07, 6.45) is 1.62. The minimum Gasteiger partial charge on any atom is -0.370 e.